The van der Waals surface area contributed by atoms with Gasteiger partial charge in [0.15, 0.2) is 0 Å². The van der Waals surface area contributed by atoms with Gasteiger partial charge in [0, 0.05) is 31.2 Å². The molecule has 2 heterocycles. The maximum Gasteiger partial charge on any atom is 0.339 e. The first-order valence-corrected chi connectivity index (χ1v) is 9.64. The van der Waals surface area contributed by atoms with Crippen LogP contribution in [0.4, 0.5) is 0 Å². The number of nitrogens with zero attached hydrogens (tertiary/aromatic N) is 1. The van der Waals surface area contributed by atoms with Gasteiger partial charge in [0.05, 0.1) is 12.7 Å². The van der Waals surface area contributed by atoms with E-state index in [2.05, 4.69) is 10.3 Å². The van der Waals surface area contributed by atoms with E-state index in [0.29, 0.717) is 47.9 Å². The van der Waals surface area contributed by atoms with Crippen molar-refractivity contribution in [3.05, 3.63) is 22.5 Å². The number of nitrogens with one attached hydrogen (secondary N) is 2. The molecule has 1 aromatic heterocycles. The highest BCUT2D eigenvalue weighted by Crippen LogP contribution is 2.25. The number of H-pyrrole nitrogens is 1. The Morgan fingerprint density at radius 3 is 2.44 bits per heavy atom. The molecule has 0 aromatic carbocycles. The van der Waals surface area contributed by atoms with Crippen LogP contribution in [0.25, 0.3) is 0 Å². The summed E-state index contributed by atoms with van der Waals surface area (Å²) in [4.78, 5) is 41.7. The van der Waals surface area contributed by atoms with Gasteiger partial charge < -0.3 is 19.9 Å². The number of carbonyl (C=O) groups excluding carboxylic acids is 3. The fourth-order valence-corrected chi connectivity index (χ4v) is 3.57. The Morgan fingerprint density at radius 2 is 1.89 bits per heavy atom. The van der Waals surface area contributed by atoms with Gasteiger partial charge in [0.1, 0.15) is 5.69 Å². The molecule has 150 valence electrons. The smallest absolute Gasteiger partial charge is 0.339 e. The number of methoxy groups -OCH3 is 1. The minimum Gasteiger partial charge on any atom is -0.465 e. The number of likely N-dealkylation sites (tertiary alicyclic amines) is 1. The topological polar surface area (TPSA) is 91.5 Å². The summed E-state index contributed by atoms with van der Waals surface area (Å²) in [6.07, 6.45) is 3.05. The second-order valence-electron chi connectivity index (χ2n) is 7.43. The second-order valence-corrected chi connectivity index (χ2v) is 7.43. The molecule has 0 aliphatic carbocycles. The maximum atomic E-state index is 12.9. The molecule has 1 aliphatic rings. The molecule has 1 atom stereocenters. The van der Waals surface area contributed by atoms with Crippen molar-refractivity contribution >= 4 is 17.8 Å². The number of esters is 1. The van der Waals surface area contributed by atoms with Crippen LogP contribution in [0.1, 0.15) is 71.6 Å². The van der Waals surface area contributed by atoms with Crippen LogP contribution in [0, 0.1) is 19.8 Å². The summed E-state index contributed by atoms with van der Waals surface area (Å²) in [6, 6.07) is 0.197. The molecule has 2 rings (SSSR count). The lowest BCUT2D eigenvalue weighted by Gasteiger charge is -2.32. The number of amides is 2. The Labute approximate surface area is 160 Å². The van der Waals surface area contributed by atoms with Crippen LogP contribution in [0.2, 0.25) is 0 Å². The molecule has 1 fully saturated rings. The number of hydrogen-bond donors (Lipinski definition) is 2. The fraction of sp³-hybridized carbons (Fsp3) is 0.650. The van der Waals surface area contributed by atoms with E-state index in [9.17, 15) is 14.4 Å². The summed E-state index contributed by atoms with van der Waals surface area (Å²) in [6.45, 7) is 8.80. The van der Waals surface area contributed by atoms with Crippen LogP contribution >= 0.6 is 0 Å². The standard InChI is InChI=1S/C20H31N3O4/c1-6-12(2)21-16(24)11-15-7-9-23(10-8-15)19(25)18-13(3)17(14(4)22-18)20(26)27-5/h12,15,22H,6-11H2,1-5H3,(H,21,24)/t12-/m0/s1. The van der Waals surface area contributed by atoms with Crippen LogP contribution < -0.4 is 5.32 Å². The molecule has 0 radical (unpaired) electrons. The molecule has 1 saturated heterocycles. The zero-order chi connectivity index (χ0) is 20.1. The predicted octanol–water partition coefficient (Wildman–Crippen LogP) is 2.58. The zero-order valence-electron chi connectivity index (χ0n) is 17.0. The van der Waals surface area contributed by atoms with Crippen LogP contribution in [-0.4, -0.2) is 53.9 Å². The average molecular weight is 377 g/mol. The molecular formula is C20H31N3O4. The zero-order valence-corrected chi connectivity index (χ0v) is 17.0. The van der Waals surface area contributed by atoms with Gasteiger partial charge in [0.25, 0.3) is 5.91 Å². The van der Waals surface area contributed by atoms with E-state index in [1.807, 2.05) is 13.8 Å². The van der Waals surface area contributed by atoms with E-state index < -0.39 is 5.97 Å². The van der Waals surface area contributed by atoms with Crippen LogP contribution in [0.15, 0.2) is 0 Å². The molecule has 0 bridgehead atoms. The summed E-state index contributed by atoms with van der Waals surface area (Å²) in [5, 5.41) is 3.00. The Morgan fingerprint density at radius 1 is 1.26 bits per heavy atom. The number of ether oxygens (including phenoxy) is 1. The molecular weight excluding hydrogens is 346 g/mol. The minimum absolute atomic E-state index is 0.0904. The van der Waals surface area contributed by atoms with Crippen molar-refractivity contribution in [1.82, 2.24) is 15.2 Å². The maximum absolute atomic E-state index is 12.9. The van der Waals surface area contributed by atoms with E-state index >= 15 is 0 Å². The molecule has 0 unspecified atom stereocenters. The number of piperidine rings is 1. The molecule has 2 amide bonds. The summed E-state index contributed by atoms with van der Waals surface area (Å²) < 4.78 is 4.80. The van der Waals surface area contributed by atoms with Crippen molar-refractivity contribution in [2.75, 3.05) is 20.2 Å². The Balaban J connectivity index is 1.96. The number of aromatic amines is 1. The predicted molar refractivity (Wildman–Crippen MR) is 103 cm³/mol. The van der Waals surface area contributed by atoms with E-state index in [1.165, 1.54) is 7.11 Å². The minimum atomic E-state index is -0.439. The average Bonchev–Trinajstić information content (AvgIpc) is 2.95. The molecule has 1 aromatic rings. The van der Waals surface area contributed by atoms with Gasteiger partial charge in [-0.25, -0.2) is 4.79 Å². The number of aryl methyl sites for hydroxylation is 1. The Kier molecular flexibility index (Phi) is 7.05. The van der Waals surface area contributed by atoms with E-state index in [1.54, 1.807) is 18.7 Å². The van der Waals surface area contributed by atoms with Gasteiger partial charge in [-0.05, 0) is 51.5 Å². The van der Waals surface area contributed by atoms with E-state index in [0.717, 1.165) is 19.3 Å². The lowest BCUT2D eigenvalue weighted by Crippen LogP contribution is -2.40. The number of aromatic nitrogens is 1. The van der Waals surface area contributed by atoms with Gasteiger partial charge in [-0.15, -0.1) is 0 Å². The number of carbonyl (C=O) groups is 3. The first kappa shape index (κ1) is 21.0. The summed E-state index contributed by atoms with van der Waals surface area (Å²) >= 11 is 0. The van der Waals surface area contributed by atoms with Gasteiger partial charge in [0.2, 0.25) is 5.91 Å². The van der Waals surface area contributed by atoms with Crippen LogP contribution in [0.5, 0.6) is 0 Å². The van der Waals surface area contributed by atoms with Gasteiger partial charge >= 0.3 is 5.97 Å². The lowest BCUT2D eigenvalue weighted by molar-refractivity contribution is -0.122. The quantitative estimate of drug-likeness (QED) is 0.746. The van der Waals surface area contributed by atoms with Crippen LogP contribution in [-0.2, 0) is 9.53 Å². The van der Waals surface area contributed by atoms with Gasteiger partial charge in [-0.2, -0.15) is 0 Å². The second kappa shape index (κ2) is 9.06. The molecule has 27 heavy (non-hydrogen) atoms. The largest absolute Gasteiger partial charge is 0.465 e. The highest BCUT2D eigenvalue weighted by Gasteiger charge is 2.29. The highest BCUT2D eigenvalue weighted by molar-refractivity contribution is 6.00. The Hall–Kier alpha value is -2.31. The van der Waals surface area contributed by atoms with Gasteiger partial charge in [-0.1, -0.05) is 6.92 Å². The monoisotopic (exact) mass is 377 g/mol. The van der Waals surface area contributed by atoms with Crippen molar-refractivity contribution in [2.24, 2.45) is 5.92 Å². The third-order valence-corrected chi connectivity index (χ3v) is 5.44. The SMILES string of the molecule is CC[C@H](C)NC(=O)CC1CCN(C(=O)c2[nH]c(C)c(C(=O)OC)c2C)CC1. The van der Waals surface area contributed by atoms with Crippen molar-refractivity contribution in [3.8, 4) is 0 Å². The number of hydrogen-bond acceptors (Lipinski definition) is 4. The first-order chi connectivity index (χ1) is 12.8. The third kappa shape index (κ3) is 4.90. The van der Waals surface area contributed by atoms with Crippen molar-refractivity contribution in [1.29, 1.82) is 0 Å². The number of rotatable bonds is 6. The molecule has 0 spiro atoms. The first-order valence-electron chi connectivity index (χ1n) is 9.64. The van der Waals surface area contributed by atoms with Gasteiger partial charge in [-0.3, -0.25) is 9.59 Å². The summed E-state index contributed by atoms with van der Waals surface area (Å²) in [5.74, 6) is -0.150. The molecule has 1 aliphatic heterocycles. The van der Waals surface area contributed by atoms with E-state index in [4.69, 9.17) is 4.74 Å². The van der Waals surface area contributed by atoms with Crippen molar-refractivity contribution < 1.29 is 19.1 Å². The Bertz CT molecular complexity index is 702. The van der Waals surface area contributed by atoms with Crippen molar-refractivity contribution in [3.63, 3.8) is 0 Å². The molecule has 0 saturated carbocycles. The molecule has 2 N–H and O–H groups in total. The molecule has 7 heteroatoms. The highest BCUT2D eigenvalue weighted by atomic mass is 16.5. The lowest BCUT2D eigenvalue weighted by atomic mass is 9.92. The summed E-state index contributed by atoms with van der Waals surface area (Å²) in [7, 11) is 1.33. The fourth-order valence-electron chi connectivity index (χ4n) is 3.57. The van der Waals surface area contributed by atoms with E-state index in [-0.39, 0.29) is 17.9 Å². The summed E-state index contributed by atoms with van der Waals surface area (Å²) in [5.41, 5.74) is 2.14. The van der Waals surface area contributed by atoms with Crippen molar-refractivity contribution in [2.45, 2.75) is 59.4 Å². The van der Waals surface area contributed by atoms with Crippen LogP contribution in [0.3, 0.4) is 0 Å². The third-order valence-electron chi connectivity index (χ3n) is 5.44. The normalized spacial score (nSPS) is 16.1. The molecule has 7 nitrogen and oxygen atoms in total.